The highest BCUT2D eigenvalue weighted by atomic mass is 16.2. The van der Waals surface area contributed by atoms with E-state index in [1.807, 2.05) is 65.1 Å². The normalized spacial score (nSPS) is 13.3. The Morgan fingerprint density at radius 2 is 1.83 bits per heavy atom. The minimum atomic E-state index is -0.518. The number of hydrogen-bond donors (Lipinski definition) is 2. The summed E-state index contributed by atoms with van der Waals surface area (Å²) in [5, 5.41) is 4.04. The summed E-state index contributed by atoms with van der Waals surface area (Å²) in [7, 11) is 0. The molecule has 2 aromatic rings. The van der Waals surface area contributed by atoms with Gasteiger partial charge in [0.25, 0.3) is 0 Å². The number of rotatable bonds is 5. The number of carbonyl (C=O) groups is 2. The third kappa shape index (κ3) is 4.01. The van der Waals surface area contributed by atoms with Gasteiger partial charge in [-0.05, 0) is 11.6 Å². The van der Waals surface area contributed by atoms with E-state index in [2.05, 4.69) is 10.3 Å². The van der Waals surface area contributed by atoms with Crippen molar-refractivity contribution in [1.29, 1.82) is 0 Å². The van der Waals surface area contributed by atoms with Gasteiger partial charge in [-0.3, -0.25) is 9.59 Å². The lowest BCUT2D eigenvalue weighted by molar-refractivity contribution is -0.133. The summed E-state index contributed by atoms with van der Waals surface area (Å²) >= 11 is 0. The number of para-hydroxylation sites is 1. The fraction of sp³-hybridized carbons (Fsp3) is 0.474. The van der Waals surface area contributed by atoms with E-state index in [-0.39, 0.29) is 17.6 Å². The summed E-state index contributed by atoms with van der Waals surface area (Å²) in [6, 6.07) is 7.49. The van der Waals surface area contributed by atoms with E-state index in [0.717, 1.165) is 16.5 Å². The zero-order chi connectivity index (χ0) is 17.2. The quantitative estimate of drug-likeness (QED) is 0.887. The summed E-state index contributed by atoms with van der Waals surface area (Å²) < 4.78 is 0. The van der Waals surface area contributed by atoms with Crippen molar-refractivity contribution in [3.63, 3.8) is 0 Å². The molecule has 4 heteroatoms. The minimum Gasteiger partial charge on any atom is -0.361 e. The number of aromatic amines is 1. The average molecular weight is 314 g/mol. The highest BCUT2D eigenvalue weighted by molar-refractivity contribution is 5.92. The Hall–Kier alpha value is -2.10. The third-order valence-electron chi connectivity index (χ3n) is 4.00. The molecule has 0 saturated heterocycles. The van der Waals surface area contributed by atoms with Gasteiger partial charge in [-0.25, -0.2) is 0 Å². The number of amides is 1. The maximum Gasteiger partial charge on any atom is 0.225 e. The number of aromatic nitrogens is 1. The van der Waals surface area contributed by atoms with Crippen LogP contribution in [0, 0.1) is 11.3 Å². The predicted molar refractivity (Wildman–Crippen MR) is 93.2 cm³/mol. The van der Waals surface area contributed by atoms with Crippen LogP contribution in [-0.2, 0) is 16.0 Å². The van der Waals surface area contributed by atoms with Gasteiger partial charge in [-0.2, -0.15) is 0 Å². The van der Waals surface area contributed by atoms with E-state index in [1.165, 1.54) is 0 Å². The summed E-state index contributed by atoms with van der Waals surface area (Å²) in [4.78, 5) is 28.1. The van der Waals surface area contributed by atoms with Crippen molar-refractivity contribution in [2.45, 2.75) is 47.1 Å². The Bertz CT molecular complexity index is 707. The van der Waals surface area contributed by atoms with Gasteiger partial charge >= 0.3 is 0 Å². The first-order valence-electron chi connectivity index (χ1n) is 8.10. The number of Topliss-reactive ketones (excluding diaryl/α,β-unsaturated/α-hetero) is 1. The zero-order valence-electron chi connectivity index (χ0n) is 14.6. The standard InChI is InChI=1S/C19H26N2O2/c1-12(2)17(22)16(21-18(23)19(3,4)5)10-13-11-20-15-9-7-6-8-14(13)15/h6-9,11-12,16,20H,10H2,1-5H3,(H,21,23). The van der Waals surface area contributed by atoms with Gasteiger partial charge in [0.15, 0.2) is 5.78 Å². The molecule has 0 fully saturated rings. The van der Waals surface area contributed by atoms with E-state index in [0.29, 0.717) is 6.42 Å². The van der Waals surface area contributed by atoms with Crippen LogP contribution >= 0.6 is 0 Å². The summed E-state index contributed by atoms with van der Waals surface area (Å²) in [6.07, 6.45) is 2.43. The van der Waals surface area contributed by atoms with Crippen LogP contribution in [0.5, 0.6) is 0 Å². The molecule has 124 valence electrons. The molecule has 1 heterocycles. The van der Waals surface area contributed by atoms with E-state index < -0.39 is 11.5 Å². The van der Waals surface area contributed by atoms with Gasteiger partial charge in [0.2, 0.25) is 5.91 Å². The first-order chi connectivity index (χ1) is 10.7. The Kier molecular flexibility index (Phi) is 4.93. The molecule has 23 heavy (non-hydrogen) atoms. The topological polar surface area (TPSA) is 62.0 Å². The molecule has 4 nitrogen and oxygen atoms in total. The van der Waals surface area contributed by atoms with Gasteiger partial charge in [0.05, 0.1) is 6.04 Å². The van der Waals surface area contributed by atoms with Crippen LogP contribution in [0.25, 0.3) is 10.9 Å². The van der Waals surface area contributed by atoms with E-state index in [1.54, 1.807) is 0 Å². The van der Waals surface area contributed by atoms with Gasteiger partial charge in [0, 0.05) is 34.9 Å². The smallest absolute Gasteiger partial charge is 0.225 e. The highest BCUT2D eigenvalue weighted by Crippen LogP contribution is 2.21. The van der Waals surface area contributed by atoms with Crippen molar-refractivity contribution >= 4 is 22.6 Å². The second-order valence-electron chi connectivity index (χ2n) is 7.40. The predicted octanol–water partition coefficient (Wildman–Crippen LogP) is 3.47. The van der Waals surface area contributed by atoms with Crippen molar-refractivity contribution < 1.29 is 9.59 Å². The lowest BCUT2D eigenvalue weighted by Crippen LogP contribution is -2.48. The molecule has 0 spiro atoms. The van der Waals surface area contributed by atoms with E-state index in [4.69, 9.17) is 0 Å². The molecule has 0 bridgehead atoms. The fourth-order valence-corrected chi connectivity index (χ4v) is 2.52. The fourth-order valence-electron chi connectivity index (χ4n) is 2.52. The molecular weight excluding hydrogens is 288 g/mol. The maximum absolute atomic E-state index is 12.5. The Balaban J connectivity index is 2.27. The molecule has 1 atom stereocenters. The van der Waals surface area contributed by atoms with Crippen LogP contribution in [0.4, 0.5) is 0 Å². The number of H-pyrrole nitrogens is 1. The molecule has 0 saturated carbocycles. The molecule has 0 aliphatic heterocycles. The van der Waals surface area contributed by atoms with Crippen molar-refractivity contribution in [1.82, 2.24) is 10.3 Å². The molecule has 2 N–H and O–H groups in total. The number of hydrogen-bond acceptors (Lipinski definition) is 2. The molecule has 1 amide bonds. The van der Waals surface area contributed by atoms with Crippen LogP contribution in [-0.4, -0.2) is 22.7 Å². The molecule has 0 aliphatic carbocycles. The highest BCUT2D eigenvalue weighted by Gasteiger charge is 2.29. The Morgan fingerprint density at radius 3 is 2.43 bits per heavy atom. The van der Waals surface area contributed by atoms with Crippen molar-refractivity contribution in [2.75, 3.05) is 0 Å². The van der Waals surface area contributed by atoms with Crippen LogP contribution < -0.4 is 5.32 Å². The van der Waals surface area contributed by atoms with Crippen molar-refractivity contribution in [3.8, 4) is 0 Å². The number of ketones is 1. The van der Waals surface area contributed by atoms with Gasteiger partial charge < -0.3 is 10.3 Å². The first-order valence-corrected chi connectivity index (χ1v) is 8.10. The summed E-state index contributed by atoms with van der Waals surface area (Å²) in [5.74, 6) is -0.158. The third-order valence-corrected chi connectivity index (χ3v) is 4.00. The van der Waals surface area contributed by atoms with Gasteiger partial charge in [-0.15, -0.1) is 0 Å². The minimum absolute atomic E-state index is 0.0629. The molecule has 1 unspecified atom stereocenters. The van der Waals surface area contributed by atoms with Crippen LogP contribution in [0.15, 0.2) is 30.5 Å². The summed E-state index contributed by atoms with van der Waals surface area (Å²) in [5.41, 5.74) is 1.57. The zero-order valence-corrected chi connectivity index (χ0v) is 14.6. The number of benzene rings is 1. The monoisotopic (exact) mass is 314 g/mol. The number of fused-ring (bicyclic) bond motifs is 1. The lowest BCUT2D eigenvalue weighted by Gasteiger charge is -2.24. The Morgan fingerprint density at radius 1 is 1.17 bits per heavy atom. The largest absolute Gasteiger partial charge is 0.361 e. The lowest BCUT2D eigenvalue weighted by atomic mass is 9.91. The number of carbonyl (C=O) groups excluding carboxylic acids is 2. The van der Waals surface area contributed by atoms with E-state index >= 15 is 0 Å². The van der Waals surface area contributed by atoms with E-state index in [9.17, 15) is 9.59 Å². The average Bonchev–Trinajstić information content (AvgIpc) is 2.88. The van der Waals surface area contributed by atoms with Crippen LogP contribution in [0.3, 0.4) is 0 Å². The molecular formula is C19H26N2O2. The summed E-state index contributed by atoms with van der Waals surface area (Å²) in [6.45, 7) is 9.29. The van der Waals surface area contributed by atoms with Gasteiger partial charge in [-0.1, -0.05) is 52.8 Å². The molecule has 2 rings (SSSR count). The van der Waals surface area contributed by atoms with Crippen molar-refractivity contribution in [3.05, 3.63) is 36.0 Å². The van der Waals surface area contributed by atoms with Crippen molar-refractivity contribution in [2.24, 2.45) is 11.3 Å². The number of nitrogens with one attached hydrogen (secondary N) is 2. The SMILES string of the molecule is CC(C)C(=O)C(Cc1c[nH]c2ccccc12)NC(=O)C(C)(C)C. The molecule has 1 aromatic heterocycles. The van der Waals surface area contributed by atoms with Gasteiger partial charge in [0.1, 0.15) is 0 Å². The first kappa shape index (κ1) is 17.3. The molecule has 0 radical (unpaired) electrons. The second kappa shape index (κ2) is 6.57. The molecule has 0 aliphatic rings. The van der Waals surface area contributed by atoms with Crippen LogP contribution in [0.2, 0.25) is 0 Å². The second-order valence-corrected chi connectivity index (χ2v) is 7.40. The van der Waals surface area contributed by atoms with Crippen LogP contribution in [0.1, 0.15) is 40.2 Å². The molecule has 1 aromatic carbocycles. The Labute approximate surface area is 137 Å². The maximum atomic E-state index is 12.5.